The highest BCUT2D eigenvalue weighted by Crippen LogP contribution is 2.36. The molecule has 0 aromatic carbocycles. The number of aliphatic carboxylic acids is 1. The predicted octanol–water partition coefficient (Wildman–Crippen LogP) is 7.17. The molecule has 0 aromatic rings. The van der Waals surface area contributed by atoms with E-state index < -0.39 is 47.6 Å². The van der Waals surface area contributed by atoms with Gasteiger partial charge in [-0.25, -0.2) is 0 Å². The van der Waals surface area contributed by atoms with Gasteiger partial charge >= 0.3 is 0 Å². The Hall–Kier alpha value is -3.25. The lowest BCUT2D eigenvalue weighted by Gasteiger charge is -2.42. The fraction of sp³-hybridized carbons (Fsp3) is 0.735. The predicted molar refractivity (Wildman–Crippen MR) is 231 cm³/mol. The van der Waals surface area contributed by atoms with E-state index in [-0.39, 0.29) is 48.7 Å². The Kier molecular flexibility index (Phi) is 21.3. The van der Waals surface area contributed by atoms with Gasteiger partial charge in [0, 0.05) is 44.2 Å². The Morgan fingerprint density at radius 1 is 0.933 bits per heavy atom. The fourth-order valence-corrected chi connectivity index (χ4v) is 9.15. The Morgan fingerprint density at radius 2 is 1.67 bits per heavy atom. The van der Waals surface area contributed by atoms with Crippen molar-refractivity contribution in [2.45, 2.75) is 181 Å². The van der Waals surface area contributed by atoms with Crippen LogP contribution < -0.4 is 5.11 Å². The van der Waals surface area contributed by atoms with Gasteiger partial charge < -0.3 is 34.5 Å². The number of hydrogen-bond donors (Lipinski definition) is 2. The number of aliphatic hydroxyl groups is 2. The first-order valence-corrected chi connectivity index (χ1v) is 22.8. The van der Waals surface area contributed by atoms with E-state index in [4.69, 9.17) is 9.47 Å². The number of rotatable bonds is 23. The van der Waals surface area contributed by atoms with E-state index >= 15 is 0 Å². The molecule has 2 saturated heterocycles. The van der Waals surface area contributed by atoms with Crippen molar-refractivity contribution in [2.24, 2.45) is 35.5 Å². The van der Waals surface area contributed by atoms with E-state index in [0.717, 1.165) is 36.2 Å². The third kappa shape index (κ3) is 15.9. The topological polar surface area (TPSA) is 171 Å². The summed E-state index contributed by atoms with van der Waals surface area (Å²) in [6, 6.07) is -1.19. The van der Waals surface area contributed by atoms with Gasteiger partial charge in [-0.1, -0.05) is 89.5 Å². The van der Waals surface area contributed by atoms with E-state index in [2.05, 4.69) is 13.8 Å². The Labute approximate surface area is 360 Å². The standard InChI is InChI=1S/C49H77NO10/c1-32(20-23-40-24-22-38(7)49(58,60-40)46(54)47(55)50-26-13-12-19-42(50)48(56)57)15-10-9-11-16-33(2)27-35(4)44(52)31-45(53)37(6)29-36(5)43(51)25-21-34(3)28-39-17-14-18-41(30-39)59-8/h9-11,15-16,29,33-36,38-42,45,53,58H,12-14,17-28,30-31H2,1-8H3,(H,56,57)/p-1/b10-9+,16-11+,32-15+,37-29+/t33-,34+,35?,36-,38?,39?,40?,41?,42?,45?,49-/m1/s1. The van der Waals surface area contributed by atoms with Gasteiger partial charge in [0.05, 0.1) is 30.3 Å². The van der Waals surface area contributed by atoms with Gasteiger partial charge in [0.1, 0.15) is 11.6 Å². The molecule has 0 bridgehead atoms. The molecule has 3 fully saturated rings. The molecule has 7 unspecified atom stereocenters. The second kappa shape index (κ2) is 25.0. The van der Waals surface area contributed by atoms with Crippen LogP contribution in [0.25, 0.3) is 0 Å². The third-order valence-electron chi connectivity index (χ3n) is 13.3. The van der Waals surface area contributed by atoms with Crippen molar-refractivity contribution in [1.82, 2.24) is 4.90 Å². The van der Waals surface area contributed by atoms with Crippen LogP contribution in [0.2, 0.25) is 0 Å². The first-order valence-electron chi connectivity index (χ1n) is 22.8. The average molecular weight is 839 g/mol. The molecular weight excluding hydrogens is 763 g/mol. The van der Waals surface area contributed by atoms with Crippen LogP contribution >= 0.6 is 0 Å². The highest BCUT2D eigenvalue weighted by atomic mass is 16.6. The second-order valence-corrected chi connectivity index (χ2v) is 18.6. The molecule has 1 amide bonds. The van der Waals surface area contributed by atoms with Crippen LogP contribution in [-0.4, -0.2) is 88.1 Å². The number of carboxylic acids is 1. The Morgan fingerprint density at radius 3 is 2.37 bits per heavy atom. The highest BCUT2D eigenvalue weighted by Gasteiger charge is 2.52. The van der Waals surface area contributed by atoms with Crippen molar-refractivity contribution in [3.8, 4) is 0 Å². The zero-order chi connectivity index (χ0) is 44.6. The molecule has 11 heteroatoms. The molecule has 60 heavy (non-hydrogen) atoms. The summed E-state index contributed by atoms with van der Waals surface area (Å²) in [5.74, 6) is -5.61. The number of likely N-dealkylation sites (tertiary alicyclic amines) is 1. The third-order valence-corrected chi connectivity index (χ3v) is 13.3. The molecule has 0 spiro atoms. The maximum Gasteiger partial charge on any atom is 0.296 e. The summed E-state index contributed by atoms with van der Waals surface area (Å²) in [6.45, 7) is 13.6. The van der Waals surface area contributed by atoms with Gasteiger partial charge in [0.2, 0.25) is 5.79 Å². The van der Waals surface area contributed by atoms with Gasteiger partial charge in [-0.05, 0) is 114 Å². The molecule has 0 radical (unpaired) electrons. The minimum atomic E-state index is -2.31. The smallest absolute Gasteiger partial charge is 0.296 e. The number of carbonyl (C=O) groups is 5. The largest absolute Gasteiger partial charge is 0.548 e. The summed E-state index contributed by atoms with van der Waals surface area (Å²) in [5.41, 5.74) is 1.72. The number of methoxy groups -OCH3 is 1. The number of piperidine rings is 1. The lowest BCUT2D eigenvalue weighted by molar-refractivity contribution is -0.312. The number of allylic oxidation sites excluding steroid dienone is 7. The first kappa shape index (κ1) is 51.1. The average Bonchev–Trinajstić information content (AvgIpc) is 3.22. The molecule has 2 aliphatic heterocycles. The molecular formula is C49H76NO10-. The molecule has 2 N–H and O–H groups in total. The van der Waals surface area contributed by atoms with E-state index in [9.17, 15) is 39.3 Å². The van der Waals surface area contributed by atoms with Crippen LogP contribution in [0.1, 0.15) is 151 Å². The fourth-order valence-electron chi connectivity index (χ4n) is 9.15. The summed E-state index contributed by atoms with van der Waals surface area (Å²) in [7, 11) is 1.80. The summed E-state index contributed by atoms with van der Waals surface area (Å²) in [5, 5.41) is 33.8. The van der Waals surface area contributed by atoms with Crippen LogP contribution in [0.4, 0.5) is 0 Å². The van der Waals surface area contributed by atoms with Crippen molar-refractivity contribution in [1.29, 1.82) is 0 Å². The second-order valence-electron chi connectivity index (χ2n) is 18.6. The first-order chi connectivity index (χ1) is 28.4. The molecule has 2 heterocycles. The highest BCUT2D eigenvalue weighted by molar-refractivity contribution is 6.39. The van der Waals surface area contributed by atoms with Crippen molar-refractivity contribution < 1.29 is 48.8 Å². The molecule has 11 nitrogen and oxygen atoms in total. The number of aliphatic hydroxyl groups excluding tert-OH is 1. The number of hydrogen-bond acceptors (Lipinski definition) is 10. The maximum atomic E-state index is 13.3. The monoisotopic (exact) mass is 839 g/mol. The van der Waals surface area contributed by atoms with Crippen molar-refractivity contribution in [2.75, 3.05) is 13.7 Å². The van der Waals surface area contributed by atoms with E-state index in [1.807, 2.05) is 57.2 Å². The van der Waals surface area contributed by atoms with Gasteiger partial charge in [-0.15, -0.1) is 0 Å². The maximum absolute atomic E-state index is 13.3. The Balaban J connectivity index is 1.38. The minimum absolute atomic E-state index is 0.00647. The van der Waals surface area contributed by atoms with Crippen molar-refractivity contribution in [3.05, 3.63) is 47.6 Å². The molecule has 1 aliphatic carbocycles. The van der Waals surface area contributed by atoms with E-state index in [1.165, 1.54) is 12.8 Å². The van der Waals surface area contributed by atoms with Crippen LogP contribution in [0, 0.1) is 35.5 Å². The van der Waals surface area contributed by atoms with Crippen LogP contribution in [0.15, 0.2) is 47.6 Å². The molecule has 1 saturated carbocycles. The molecule has 3 aliphatic rings. The summed E-state index contributed by atoms with van der Waals surface area (Å²) >= 11 is 0. The van der Waals surface area contributed by atoms with Gasteiger partial charge in [0.15, 0.2) is 0 Å². The minimum Gasteiger partial charge on any atom is -0.548 e. The van der Waals surface area contributed by atoms with E-state index in [1.54, 1.807) is 21.0 Å². The number of carbonyl (C=O) groups excluding carboxylic acids is 5. The summed E-state index contributed by atoms with van der Waals surface area (Å²) < 4.78 is 11.5. The van der Waals surface area contributed by atoms with Crippen molar-refractivity contribution in [3.63, 3.8) is 0 Å². The zero-order valence-corrected chi connectivity index (χ0v) is 37.9. The lowest BCUT2D eigenvalue weighted by Crippen LogP contribution is -2.61. The summed E-state index contributed by atoms with van der Waals surface area (Å²) in [4.78, 5) is 65.0. The quantitative estimate of drug-likeness (QED) is 0.0611. The lowest BCUT2D eigenvalue weighted by atomic mass is 9.80. The SMILES string of the molecule is COC1CCCC(C[C@@H](C)CCC(=O)[C@H](C)/C=C(\C)C(O)CC(=O)C(C)C[C@H](C)/C=C/C=C/C=C(\C)CCC2CCC(C)[C@](O)(C(=O)C(=O)N3CCCCC3C(=O)[O-])O2)C1. The normalized spacial score (nSPS) is 28.3. The van der Waals surface area contributed by atoms with E-state index in [0.29, 0.717) is 74.9 Å². The number of ketones is 3. The number of carboxylic acid groups (broad SMARTS) is 1. The molecule has 0 aromatic heterocycles. The number of Topliss-reactive ketones (excluding diaryl/α,β-unsaturated/α-hetero) is 3. The molecule has 11 atom stereocenters. The Bertz CT molecular complexity index is 1560. The van der Waals surface area contributed by atoms with Crippen LogP contribution in [0.3, 0.4) is 0 Å². The molecule has 338 valence electrons. The van der Waals surface area contributed by atoms with Gasteiger partial charge in [-0.2, -0.15) is 0 Å². The summed E-state index contributed by atoms with van der Waals surface area (Å²) in [6.07, 6.45) is 22.2. The van der Waals surface area contributed by atoms with Crippen LogP contribution in [-0.2, 0) is 33.4 Å². The number of nitrogens with zero attached hydrogens (tertiary/aromatic N) is 1. The number of amides is 1. The number of ether oxygens (including phenoxy) is 2. The molecule has 3 rings (SSSR count). The van der Waals surface area contributed by atoms with Gasteiger partial charge in [0.25, 0.3) is 11.7 Å². The zero-order valence-electron chi connectivity index (χ0n) is 37.9. The van der Waals surface area contributed by atoms with Crippen molar-refractivity contribution >= 4 is 29.2 Å². The van der Waals surface area contributed by atoms with Gasteiger partial charge in [-0.3, -0.25) is 19.2 Å². The van der Waals surface area contributed by atoms with Crippen LogP contribution in [0.5, 0.6) is 0 Å².